The fourth-order valence-corrected chi connectivity index (χ4v) is 4.72. The lowest BCUT2D eigenvalue weighted by molar-refractivity contribution is -0.132. The first-order valence-corrected chi connectivity index (χ1v) is 9.53. The van der Waals surface area contributed by atoms with E-state index in [4.69, 9.17) is 0 Å². The predicted molar refractivity (Wildman–Crippen MR) is 97.9 cm³/mol. The number of carbonyl (C=O) groups is 1. The van der Waals surface area contributed by atoms with E-state index in [0.29, 0.717) is 18.2 Å². The van der Waals surface area contributed by atoms with Crippen LogP contribution in [0.3, 0.4) is 0 Å². The van der Waals surface area contributed by atoms with Gasteiger partial charge < -0.3 is 9.80 Å². The van der Waals surface area contributed by atoms with Crippen LogP contribution in [-0.2, 0) is 4.79 Å². The second kappa shape index (κ2) is 6.72. The van der Waals surface area contributed by atoms with Gasteiger partial charge in [-0.1, -0.05) is 29.8 Å². The Labute approximate surface area is 145 Å². The second-order valence-corrected chi connectivity index (χ2v) is 7.53. The first-order chi connectivity index (χ1) is 11.7. The van der Waals surface area contributed by atoms with Crippen LogP contribution >= 0.6 is 0 Å². The highest BCUT2D eigenvalue weighted by molar-refractivity contribution is 5.78. The number of likely N-dealkylation sites (tertiary alicyclic amines) is 2. The highest BCUT2D eigenvalue weighted by Gasteiger charge is 2.33. The van der Waals surface area contributed by atoms with Crippen LogP contribution in [-0.4, -0.2) is 48.4 Å². The zero-order valence-corrected chi connectivity index (χ0v) is 14.8. The van der Waals surface area contributed by atoms with Crippen LogP contribution < -0.4 is 0 Å². The zero-order valence-electron chi connectivity index (χ0n) is 14.8. The first-order valence-electron chi connectivity index (χ1n) is 9.53. The van der Waals surface area contributed by atoms with Crippen molar-refractivity contribution in [1.82, 2.24) is 9.80 Å². The maximum Gasteiger partial charge on any atom is 0.223 e. The van der Waals surface area contributed by atoms with Gasteiger partial charge in [-0.25, -0.2) is 0 Å². The van der Waals surface area contributed by atoms with Crippen molar-refractivity contribution in [3.8, 4) is 0 Å². The number of rotatable bonds is 3. The molecule has 128 valence electrons. The van der Waals surface area contributed by atoms with Crippen LogP contribution in [0, 0.1) is 0 Å². The minimum Gasteiger partial charge on any atom is -0.343 e. The Hall–Kier alpha value is -1.61. The number of fused-ring (bicyclic) bond motifs is 3. The normalized spacial score (nSPS) is 24.0. The first kappa shape index (κ1) is 15.9. The van der Waals surface area contributed by atoms with Gasteiger partial charge in [-0.2, -0.15) is 0 Å². The summed E-state index contributed by atoms with van der Waals surface area (Å²) in [5.74, 6) is 0.916. The van der Waals surface area contributed by atoms with Gasteiger partial charge in [0.1, 0.15) is 0 Å². The molecule has 0 radical (unpaired) electrons. The number of hydrogen-bond acceptors (Lipinski definition) is 2. The second-order valence-electron chi connectivity index (χ2n) is 7.53. The summed E-state index contributed by atoms with van der Waals surface area (Å²) in [5, 5.41) is 0. The van der Waals surface area contributed by atoms with E-state index in [1.807, 2.05) is 0 Å². The molecule has 3 nitrogen and oxygen atoms in total. The molecule has 1 aromatic rings. The fraction of sp³-hybridized carbons (Fsp3) is 0.571. The van der Waals surface area contributed by atoms with Crippen LogP contribution in [0.25, 0.3) is 5.57 Å². The van der Waals surface area contributed by atoms with Gasteiger partial charge >= 0.3 is 0 Å². The van der Waals surface area contributed by atoms with Gasteiger partial charge in [-0.3, -0.25) is 4.79 Å². The molecule has 1 atom stereocenters. The highest BCUT2D eigenvalue weighted by atomic mass is 16.2. The molecule has 2 aliphatic heterocycles. The standard InChI is InChI=1S/C21H28N2O/c1-16-17-7-3-4-8-19(17)20-15-22(13-9-18(16)20)14-10-21(24)23-11-5-2-6-12-23/h3-4,7-8,20H,2,5-6,9-15H2,1H3. The zero-order chi connectivity index (χ0) is 16.5. The molecule has 0 aromatic heterocycles. The third kappa shape index (κ3) is 2.90. The summed E-state index contributed by atoms with van der Waals surface area (Å²) in [5.41, 5.74) is 6.08. The van der Waals surface area contributed by atoms with Crippen molar-refractivity contribution in [2.24, 2.45) is 0 Å². The van der Waals surface area contributed by atoms with E-state index in [2.05, 4.69) is 41.0 Å². The van der Waals surface area contributed by atoms with Crippen LogP contribution in [0.2, 0.25) is 0 Å². The average Bonchev–Trinajstić information content (AvgIpc) is 2.93. The quantitative estimate of drug-likeness (QED) is 0.847. The Kier molecular flexibility index (Phi) is 4.45. The largest absolute Gasteiger partial charge is 0.343 e. The SMILES string of the molecule is CC1=C2CCN(CCC(=O)N3CCCCC3)CC2c2ccccc21. The molecule has 0 N–H and O–H groups in total. The van der Waals surface area contributed by atoms with Crippen molar-refractivity contribution in [2.75, 3.05) is 32.7 Å². The number of carbonyl (C=O) groups excluding carboxylic acids is 1. The van der Waals surface area contributed by atoms with Crippen LogP contribution in [0.4, 0.5) is 0 Å². The molecule has 0 bridgehead atoms. The van der Waals surface area contributed by atoms with Crippen molar-refractivity contribution in [2.45, 2.75) is 44.9 Å². The Balaban J connectivity index is 1.37. The monoisotopic (exact) mass is 324 g/mol. The van der Waals surface area contributed by atoms with Crippen molar-refractivity contribution in [3.63, 3.8) is 0 Å². The molecule has 4 rings (SSSR count). The molecule has 1 aromatic carbocycles. The van der Waals surface area contributed by atoms with Crippen LogP contribution in [0.5, 0.6) is 0 Å². The summed E-state index contributed by atoms with van der Waals surface area (Å²) in [6.07, 6.45) is 5.49. The molecule has 2 saturated heterocycles. The molecule has 1 unspecified atom stereocenters. The molecule has 0 spiro atoms. The molecule has 0 saturated carbocycles. The maximum absolute atomic E-state index is 12.4. The van der Waals surface area contributed by atoms with E-state index in [-0.39, 0.29) is 0 Å². The maximum atomic E-state index is 12.4. The Morgan fingerprint density at radius 3 is 2.75 bits per heavy atom. The topological polar surface area (TPSA) is 23.6 Å². The fourth-order valence-electron chi connectivity index (χ4n) is 4.72. The van der Waals surface area contributed by atoms with Gasteiger partial charge in [0.05, 0.1) is 0 Å². The Bertz CT molecular complexity index is 658. The molecule has 1 amide bonds. The lowest BCUT2D eigenvalue weighted by atomic mass is 9.89. The molecule has 1 aliphatic carbocycles. The third-order valence-corrected chi connectivity index (χ3v) is 6.13. The van der Waals surface area contributed by atoms with Crippen molar-refractivity contribution in [1.29, 1.82) is 0 Å². The lowest BCUT2D eigenvalue weighted by Gasteiger charge is -2.34. The van der Waals surface area contributed by atoms with E-state index in [0.717, 1.165) is 39.1 Å². The van der Waals surface area contributed by atoms with Crippen LogP contribution in [0.1, 0.15) is 56.1 Å². The smallest absolute Gasteiger partial charge is 0.223 e. The Morgan fingerprint density at radius 2 is 1.92 bits per heavy atom. The number of hydrogen-bond donors (Lipinski definition) is 0. The van der Waals surface area contributed by atoms with Crippen molar-refractivity contribution < 1.29 is 4.79 Å². The minimum absolute atomic E-state index is 0.360. The molecular formula is C21H28N2O. The van der Waals surface area contributed by atoms with Crippen molar-refractivity contribution in [3.05, 3.63) is 41.0 Å². The molecule has 2 heterocycles. The lowest BCUT2D eigenvalue weighted by Crippen LogP contribution is -2.40. The van der Waals surface area contributed by atoms with E-state index < -0.39 is 0 Å². The molecule has 3 heteroatoms. The van der Waals surface area contributed by atoms with E-state index >= 15 is 0 Å². The molecule has 24 heavy (non-hydrogen) atoms. The number of amides is 1. The summed E-state index contributed by atoms with van der Waals surface area (Å²) in [6.45, 7) is 7.33. The van der Waals surface area contributed by atoms with Gasteiger partial charge in [-0.05, 0) is 49.3 Å². The van der Waals surface area contributed by atoms with Gasteiger partial charge in [0.25, 0.3) is 0 Å². The van der Waals surface area contributed by atoms with Crippen LogP contribution in [0.15, 0.2) is 29.8 Å². The van der Waals surface area contributed by atoms with Gasteiger partial charge in [0.2, 0.25) is 5.91 Å². The molecular weight excluding hydrogens is 296 g/mol. The minimum atomic E-state index is 0.360. The number of piperidine rings is 2. The third-order valence-electron chi connectivity index (χ3n) is 6.13. The van der Waals surface area contributed by atoms with Gasteiger partial charge in [0.15, 0.2) is 0 Å². The Morgan fingerprint density at radius 1 is 1.12 bits per heavy atom. The van der Waals surface area contributed by atoms with E-state index in [1.54, 1.807) is 5.57 Å². The average molecular weight is 324 g/mol. The molecule has 2 fully saturated rings. The summed E-state index contributed by atoms with van der Waals surface area (Å²) >= 11 is 0. The summed E-state index contributed by atoms with van der Waals surface area (Å²) < 4.78 is 0. The predicted octanol–water partition coefficient (Wildman–Crippen LogP) is 3.67. The van der Waals surface area contributed by atoms with E-state index in [1.165, 1.54) is 36.0 Å². The van der Waals surface area contributed by atoms with E-state index in [9.17, 15) is 4.79 Å². The summed E-state index contributed by atoms with van der Waals surface area (Å²) in [4.78, 5) is 17.0. The summed E-state index contributed by atoms with van der Waals surface area (Å²) in [6, 6.07) is 8.86. The number of nitrogens with zero attached hydrogens (tertiary/aromatic N) is 2. The van der Waals surface area contributed by atoms with Gasteiger partial charge in [0, 0.05) is 45.1 Å². The highest BCUT2D eigenvalue weighted by Crippen LogP contribution is 2.45. The van der Waals surface area contributed by atoms with Crippen molar-refractivity contribution >= 4 is 11.5 Å². The molecule has 3 aliphatic rings. The van der Waals surface area contributed by atoms with Gasteiger partial charge in [-0.15, -0.1) is 0 Å². The number of allylic oxidation sites excluding steroid dienone is 1. The number of benzene rings is 1. The summed E-state index contributed by atoms with van der Waals surface area (Å²) in [7, 11) is 0.